The molecule has 2 amide bonds. The fraction of sp³-hybridized carbons (Fsp3) is 0.500. The quantitative estimate of drug-likeness (QED) is 0.747. The molecule has 0 bridgehead atoms. The molecule has 0 unspecified atom stereocenters. The van der Waals surface area contributed by atoms with Crippen LogP contribution in [0.25, 0.3) is 0 Å². The molecule has 1 aromatic carbocycles. The summed E-state index contributed by atoms with van der Waals surface area (Å²) < 4.78 is 5.42. The third-order valence-electron chi connectivity index (χ3n) is 6.27. The molecule has 0 spiro atoms. The molecule has 8 heteroatoms. The van der Waals surface area contributed by atoms with Crippen molar-refractivity contribution >= 4 is 17.6 Å². The van der Waals surface area contributed by atoms with E-state index in [0.717, 1.165) is 41.3 Å². The molecule has 0 saturated carbocycles. The van der Waals surface area contributed by atoms with Crippen molar-refractivity contribution in [3.05, 3.63) is 52.5 Å². The van der Waals surface area contributed by atoms with Gasteiger partial charge in [-0.2, -0.15) is 0 Å². The lowest BCUT2D eigenvalue weighted by atomic mass is 10.0. The molecule has 1 atom stereocenters. The number of rotatable bonds is 6. The van der Waals surface area contributed by atoms with Gasteiger partial charge in [0.15, 0.2) is 0 Å². The van der Waals surface area contributed by atoms with Crippen molar-refractivity contribution in [2.24, 2.45) is 0 Å². The summed E-state index contributed by atoms with van der Waals surface area (Å²) >= 11 is 0. The van der Waals surface area contributed by atoms with Crippen LogP contribution in [0.2, 0.25) is 0 Å². The zero-order valence-electron chi connectivity index (χ0n) is 19.1. The minimum Gasteiger partial charge on any atom is -0.377 e. The Morgan fingerprint density at radius 1 is 1.16 bits per heavy atom. The predicted octanol–water partition coefficient (Wildman–Crippen LogP) is 2.59. The van der Waals surface area contributed by atoms with Gasteiger partial charge in [0.2, 0.25) is 5.91 Å². The van der Waals surface area contributed by atoms with Gasteiger partial charge in [0.05, 0.1) is 18.8 Å². The van der Waals surface area contributed by atoms with E-state index in [2.05, 4.69) is 5.32 Å². The van der Waals surface area contributed by atoms with E-state index < -0.39 is 0 Å². The molecule has 3 heterocycles. The Kier molecular flexibility index (Phi) is 6.69. The first-order valence-corrected chi connectivity index (χ1v) is 11.3. The second kappa shape index (κ2) is 9.65. The molecule has 1 N–H and O–H groups in total. The smallest absolute Gasteiger partial charge is 0.253 e. The molecule has 1 aromatic heterocycles. The largest absolute Gasteiger partial charge is 0.377 e. The minimum atomic E-state index is 0.0411. The maximum absolute atomic E-state index is 13.0. The summed E-state index contributed by atoms with van der Waals surface area (Å²) in [6, 6.07) is 7.65. The second-order valence-electron chi connectivity index (χ2n) is 8.37. The van der Waals surface area contributed by atoms with Gasteiger partial charge in [-0.1, -0.05) is 12.1 Å². The first-order valence-electron chi connectivity index (χ1n) is 11.3. The molecular weight excluding hydrogens is 406 g/mol. The van der Waals surface area contributed by atoms with Crippen molar-refractivity contribution in [1.29, 1.82) is 0 Å². The number of nitrogens with one attached hydrogen (secondary N) is 1. The molecule has 2 aliphatic heterocycles. The number of carbonyl (C=O) groups excluding carboxylic acids is 2. The maximum atomic E-state index is 13.0. The lowest BCUT2D eigenvalue weighted by molar-refractivity contribution is -0.129. The average molecular weight is 438 g/mol. The number of nitrogens with zero attached hydrogens (tertiary/aromatic N) is 4. The highest BCUT2D eigenvalue weighted by Gasteiger charge is 2.32. The van der Waals surface area contributed by atoms with Gasteiger partial charge in [-0.3, -0.25) is 9.59 Å². The van der Waals surface area contributed by atoms with Gasteiger partial charge < -0.3 is 19.9 Å². The monoisotopic (exact) mass is 437 g/mol. The number of hydrogen-bond donors (Lipinski definition) is 1. The molecular formula is C24H31N5O3. The average Bonchev–Trinajstić information content (AvgIpc) is 3.32. The SMILES string of the molecule is CCOCc1ccc(C(=O)N2CC[C@H](c3nc4c(c(NC)n3)CN(C(C)=O)CC4)C2)cc1. The van der Waals surface area contributed by atoms with E-state index in [1.165, 1.54) is 0 Å². The summed E-state index contributed by atoms with van der Waals surface area (Å²) in [6.07, 6.45) is 1.57. The molecule has 4 rings (SSSR count). The van der Waals surface area contributed by atoms with E-state index in [0.29, 0.717) is 45.0 Å². The zero-order valence-corrected chi connectivity index (χ0v) is 19.1. The van der Waals surface area contributed by atoms with Crippen LogP contribution in [0.15, 0.2) is 24.3 Å². The highest BCUT2D eigenvalue weighted by molar-refractivity contribution is 5.94. The fourth-order valence-electron chi connectivity index (χ4n) is 4.39. The molecule has 0 aliphatic carbocycles. The van der Waals surface area contributed by atoms with Gasteiger partial charge in [0.25, 0.3) is 5.91 Å². The van der Waals surface area contributed by atoms with Crippen LogP contribution < -0.4 is 5.32 Å². The number of anilines is 1. The first-order chi connectivity index (χ1) is 15.5. The first kappa shape index (κ1) is 22.2. The van der Waals surface area contributed by atoms with E-state index in [-0.39, 0.29) is 17.7 Å². The Bertz CT molecular complexity index is 975. The summed E-state index contributed by atoms with van der Waals surface area (Å²) in [5.74, 6) is 1.79. The van der Waals surface area contributed by atoms with Crippen LogP contribution in [0.5, 0.6) is 0 Å². The van der Waals surface area contributed by atoms with E-state index in [1.807, 2.05) is 48.0 Å². The highest BCUT2D eigenvalue weighted by Crippen LogP contribution is 2.30. The van der Waals surface area contributed by atoms with E-state index in [9.17, 15) is 9.59 Å². The van der Waals surface area contributed by atoms with Gasteiger partial charge in [0, 0.05) is 63.7 Å². The number of amides is 2. The fourth-order valence-corrected chi connectivity index (χ4v) is 4.39. The summed E-state index contributed by atoms with van der Waals surface area (Å²) in [7, 11) is 1.85. The number of benzene rings is 1. The standard InChI is InChI=1S/C24H31N5O3/c1-4-32-15-17-5-7-18(8-6-17)24(31)29-11-9-19(13-29)22-26-21-10-12-28(16(2)30)14-20(21)23(25-3)27-22/h5-8,19H,4,9-15H2,1-3H3,(H,25,26,27)/t19-/m0/s1. The number of ether oxygens (including phenoxy) is 1. The topological polar surface area (TPSA) is 87.7 Å². The summed E-state index contributed by atoms with van der Waals surface area (Å²) in [4.78, 5) is 38.1. The van der Waals surface area contributed by atoms with Crippen LogP contribution in [0.4, 0.5) is 5.82 Å². The Labute approximate surface area is 189 Å². The van der Waals surface area contributed by atoms with E-state index in [1.54, 1.807) is 6.92 Å². The second-order valence-corrected chi connectivity index (χ2v) is 8.37. The Morgan fingerprint density at radius 2 is 1.94 bits per heavy atom. The molecule has 170 valence electrons. The molecule has 2 aromatic rings. The summed E-state index contributed by atoms with van der Waals surface area (Å²) in [5.41, 5.74) is 3.76. The van der Waals surface area contributed by atoms with Crippen molar-refractivity contribution in [1.82, 2.24) is 19.8 Å². The lowest BCUT2D eigenvalue weighted by Crippen LogP contribution is -2.35. The lowest BCUT2D eigenvalue weighted by Gasteiger charge is -2.29. The molecule has 1 saturated heterocycles. The van der Waals surface area contributed by atoms with Crippen molar-refractivity contribution < 1.29 is 14.3 Å². The molecule has 8 nitrogen and oxygen atoms in total. The van der Waals surface area contributed by atoms with Gasteiger partial charge in [-0.25, -0.2) is 9.97 Å². The van der Waals surface area contributed by atoms with Crippen LogP contribution in [0, 0.1) is 0 Å². The molecule has 32 heavy (non-hydrogen) atoms. The van der Waals surface area contributed by atoms with Gasteiger partial charge in [-0.15, -0.1) is 0 Å². The zero-order chi connectivity index (χ0) is 22.7. The number of hydrogen-bond acceptors (Lipinski definition) is 6. The van der Waals surface area contributed by atoms with Crippen LogP contribution in [-0.4, -0.2) is 64.9 Å². The normalized spacial score (nSPS) is 17.9. The predicted molar refractivity (Wildman–Crippen MR) is 121 cm³/mol. The van der Waals surface area contributed by atoms with Crippen molar-refractivity contribution in [3.8, 4) is 0 Å². The minimum absolute atomic E-state index is 0.0411. The highest BCUT2D eigenvalue weighted by atomic mass is 16.5. The van der Waals surface area contributed by atoms with Gasteiger partial charge >= 0.3 is 0 Å². The number of fused-ring (bicyclic) bond motifs is 1. The van der Waals surface area contributed by atoms with E-state index >= 15 is 0 Å². The Hall–Kier alpha value is -3.00. The number of carbonyl (C=O) groups is 2. The van der Waals surface area contributed by atoms with Crippen LogP contribution in [0.3, 0.4) is 0 Å². The summed E-state index contributed by atoms with van der Waals surface area (Å²) in [5, 5.41) is 3.18. The third kappa shape index (κ3) is 4.60. The summed E-state index contributed by atoms with van der Waals surface area (Å²) in [6.45, 7) is 7.31. The van der Waals surface area contributed by atoms with Crippen molar-refractivity contribution in [2.45, 2.75) is 45.8 Å². The molecule has 0 radical (unpaired) electrons. The van der Waals surface area contributed by atoms with Crippen molar-refractivity contribution in [2.75, 3.05) is 38.6 Å². The van der Waals surface area contributed by atoms with Crippen LogP contribution in [0.1, 0.15) is 59.2 Å². The molecule has 2 aliphatic rings. The number of likely N-dealkylation sites (tertiary alicyclic amines) is 1. The Balaban J connectivity index is 1.46. The van der Waals surface area contributed by atoms with Gasteiger partial charge in [0.1, 0.15) is 11.6 Å². The number of aromatic nitrogens is 2. The van der Waals surface area contributed by atoms with Crippen molar-refractivity contribution in [3.63, 3.8) is 0 Å². The van der Waals surface area contributed by atoms with Crippen LogP contribution >= 0.6 is 0 Å². The Morgan fingerprint density at radius 3 is 2.62 bits per heavy atom. The maximum Gasteiger partial charge on any atom is 0.253 e. The van der Waals surface area contributed by atoms with Crippen LogP contribution in [-0.2, 0) is 29.1 Å². The van der Waals surface area contributed by atoms with E-state index in [4.69, 9.17) is 14.7 Å². The molecule has 1 fully saturated rings. The third-order valence-corrected chi connectivity index (χ3v) is 6.27. The van der Waals surface area contributed by atoms with Gasteiger partial charge in [-0.05, 0) is 31.0 Å².